The maximum atomic E-state index is 12.8. The van der Waals surface area contributed by atoms with Crippen LogP contribution in [0.25, 0.3) is 0 Å². The number of rotatable bonds is 4. The van der Waals surface area contributed by atoms with E-state index in [0.717, 1.165) is 36.1 Å². The minimum Gasteiger partial charge on any atom is -0.459 e. The Hall–Kier alpha value is -2.54. The first kappa shape index (κ1) is 17.9. The number of carbonyl (C=O) groups excluding carboxylic acids is 2. The van der Waals surface area contributed by atoms with Gasteiger partial charge in [-0.2, -0.15) is 0 Å². The summed E-state index contributed by atoms with van der Waals surface area (Å²) in [5, 5.41) is 3.48. The van der Waals surface area contributed by atoms with Gasteiger partial charge in [0.1, 0.15) is 5.00 Å². The van der Waals surface area contributed by atoms with Gasteiger partial charge in [0, 0.05) is 10.4 Å². The van der Waals surface area contributed by atoms with Gasteiger partial charge >= 0.3 is 5.97 Å². The number of anilines is 1. The maximum Gasteiger partial charge on any atom is 0.341 e. The molecule has 2 heterocycles. The minimum atomic E-state index is -0.370. The zero-order valence-electron chi connectivity index (χ0n) is 15.3. The van der Waals surface area contributed by atoms with Gasteiger partial charge in [0.05, 0.1) is 11.7 Å². The molecule has 2 aliphatic rings. The number of nitrogens with one attached hydrogen (secondary N) is 1. The third-order valence-corrected chi connectivity index (χ3v) is 5.79. The van der Waals surface area contributed by atoms with Crippen LogP contribution in [-0.4, -0.2) is 24.8 Å². The molecule has 0 spiro atoms. The van der Waals surface area contributed by atoms with Gasteiger partial charge in [-0.25, -0.2) is 4.79 Å². The second-order valence-corrected chi connectivity index (χ2v) is 8.00. The van der Waals surface area contributed by atoms with Crippen molar-refractivity contribution < 1.29 is 23.8 Å². The van der Waals surface area contributed by atoms with Crippen LogP contribution in [0, 0.1) is 0 Å². The molecule has 0 radical (unpaired) electrons. The Morgan fingerprint density at radius 3 is 2.74 bits per heavy atom. The molecular weight excluding hydrogens is 366 g/mol. The van der Waals surface area contributed by atoms with E-state index in [1.807, 2.05) is 13.8 Å². The SMILES string of the molecule is CC(C)OC(=O)c1c(NC(=O)c2ccc3c(c2)OCO3)sc2c1CCCC2. The number of fused-ring (bicyclic) bond motifs is 2. The van der Waals surface area contributed by atoms with Gasteiger partial charge < -0.3 is 19.5 Å². The third-order valence-electron chi connectivity index (χ3n) is 4.58. The number of amides is 1. The lowest BCUT2D eigenvalue weighted by Gasteiger charge is -2.14. The molecule has 1 amide bonds. The predicted octanol–water partition coefficient (Wildman–Crippen LogP) is 4.17. The van der Waals surface area contributed by atoms with E-state index in [4.69, 9.17) is 14.2 Å². The summed E-state index contributed by atoms with van der Waals surface area (Å²) in [4.78, 5) is 26.6. The van der Waals surface area contributed by atoms with E-state index in [9.17, 15) is 9.59 Å². The van der Waals surface area contributed by atoms with Gasteiger partial charge in [-0.05, 0) is 63.3 Å². The van der Waals surface area contributed by atoms with E-state index in [2.05, 4.69) is 5.32 Å². The van der Waals surface area contributed by atoms with Crippen LogP contribution in [0.4, 0.5) is 5.00 Å². The smallest absolute Gasteiger partial charge is 0.341 e. The number of hydrogen-bond acceptors (Lipinski definition) is 6. The van der Waals surface area contributed by atoms with Crippen LogP contribution >= 0.6 is 11.3 Å². The zero-order chi connectivity index (χ0) is 19.0. The summed E-state index contributed by atoms with van der Waals surface area (Å²) in [5.74, 6) is 0.516. The summed E-state index contributed by atoms with van der Waals surface area (Å²) in [5.41, 5.74) is 1.99. The standard InChI is InChI=1S/C20H21NO5S/c1-11(2)26-20(23)17-13-5-3-4-6-16(13)27-19(17)21-18(22)12-7-8-14-15(9-12)25-10-24-14/h7-9,11H,3-6,10H2,1-2H3,(H,21,22). The lowest BCUT2D eigenvalue weighted by atomic mass is 9.95. The van der Waals surface area contributed by atoms with Crippen LogP contribution in [0.5, 0.6) is 11.5 Å². The highest BCUT2D eigenvalue weighted by Crippen LogP contribution is 2.39. The Morgan fingerprint density at radius 2 is 1.93 bits per heavy atom. The summed E-state index contributed by atoms with van der Waals surface area (Å²) in [6.45, 7) is 3.80. The van der Waals surface area contributed by atoms with E-state index in [-0.39, 0.29) is 24.8 Å². The van der Waals surface area contributed by atoms with Crippen molar-refractivity contribution in [3.05, 3.63) is 39.8 Å². The number of benzene rings is 1. The molecule has 1 aromatic heterocycles. The van der Waals surface area contributed by atoms with Crippen LogP contribution in [0.1, 0.15) is 57.8 Å². The minimum absolute atomic E-state index is 0.156. The van der Waals surface area contributed by atoms with Crippen molar-refractivity contribution in [1.29, 1.82) is 0 Å². The molecule has 1 aliphatic carbocycles. The van der Waals surface area contributed by atoms with Crippen molar-refractivity contribution in [3.8, 4) is 11.5 Å². The number of esters is 1. The first-order valence-electron chi connectivity index (χ1n) is 9.09. The van der Waals surface area contributed by atoms with E-state index in [0.29, 0.717) is 27.6 Å². The van der Waals surface area contributed by atoms with E-state index in [1.54, 1.807) is 18.2 Å². The summed E-state index contributed by atoms with van der Waals surface area (Å²) >= 11 is 1.48. The molecule has 27 heavy (non-hydrogen) atoms. The fourth-order valence-corrected chi connectivity index (χ4v) is 4.63. The number of carbonyl (C=O) groups is 2. The fourth-order valence-electron chi connectivity index (χ4n) is 3.36. The largest absolute Gasteiger partial charge is 0.459 e. The molecule has 0 saturated carbocycles. The molecule has 7 heteroatoms. The van der Waals surface area contributed by atoms with Gasteiger partial charge in [-0.15, -0.1) is 11.3 Å². The summed E-state index contributed by atoms with van der Waals surface area (Å²) in [6.07, 6.45) is 3.70. The van der Waals surface area contributed by atoms with Crippen molar-refractivity contribution in [2.24, 2.45) is 0 Å². The van der Waals surface area contributed by atoms with Gasteiger partial charge in [-0.3, -0.25) is 4.79 Å². The van der Waals surface area contributed by atoms with Crippen LogP contribution < -0.4 is 14.8 Å². The van der Waals surface area contributed by atoms with Crippen LogP contribution in [0.15, 0.2) is 18.2 Å². The second kappa shape index (κ2) is 7.23. The number of hydrogen-bond donors (Lipinski definition) is 1. The third kappa shape index (κ3) is 3.51. The molecule has 2 aromatic rings. The van der Waals surface area contributed by atoms with E-state index in [1.165, 1.54) is 11.3 Å². The molecule has 0 atom stereocenters. The Morgan fingerprint density at radius 1 is 1.15 bits per heavy atom. The summed E-state index contributed by atoms with van der Waals surface area (Å²) < 4.78 is 16.0. The van der Waals surface area contributed by atoms with E-state index < -0.39 is 0 Å². The molecule has 0 unspecified atom stereocenters. The second-order valence-electron chi connectivity index (χ2n) is 6.89. The molecule has 4 rings (SSSR count). The molecule has 1 aliphatic heterocycles. The molecule has 6 nitrogen and oxygen atoms in total. The molecule has 1 aromatic carbocycles. The first-order chi connectivity index (χ1) is 13.0. The zero-order valence-corrected chi connectivity index (χ0v) is 16.1. The molecule has 0 bridgehead atoms. The molecule has 1 N–H and O–H groups in total. The first-order valence-corrected chi connectivity index (χ1v) is 9.91. The molecule has 0 saturated heterocycles. The number of aryl methyl sites for hydroxylation is 1. The fraction of sp³-hybridized carbons (Fsp3) is 0.400. The van der Waals surface area contributed by atoms with Crippen molar-refractivity contribution >= 4 is 28.2 Å². The Bertz CT molecular complexity index is 902. The highest BCUT2D eigenvalue weighted by Gasteiger charge is 2.28. The number of ether oxygens (including phenoxy) is 3. The van der Waals surface area contributed by atoms with Crippen molar-refractivity contribution in [2.75, 3.05) is 12.1 Å². The van der Waals surface area contributed by atoms with Gasteiger partial charge in [0.25, 0.3) is 5.91 Å². The monoisotopic (exact) mass is 387 g/mol. The van der Waals surface area contributed by atoms with Crippen molar-refractivity contribution in [2.45, 2.75) is 45.6 Å². The maximum absolute atomic E-state index is 12.8. The lowest BCUT2D eigenvalue weighted by Crippen LogP contribution is -2.17. The van der Waals surface area contributed by atoms with Crippen LogP contribution in [0.3, 0.4) is 0 Å². The Kier molecular flexibility index (Phi) is 4.78. The Balaban J connectivity index is 1.63. The average molecular weight is 387 g/mol. The van der Waals surface area contributed by atoms with Crippen molar-refractivity contribution in [3.63, 3.8) is 0 Å². The van der Waals surface area contributed by atoms with Crippen molar-refractivity contribution in [1.82, 2.24) is 0 Å². The van der Waals surface area contributed by atoms with Gasteiger partial charge in [0.15, 0.2) is 11.5 Å². The van der Waals surface area contributed by atoms with E-state index >= 15 is 0 Å². The highest BCUT2D eigenvalue weighted by molar-refractivity contribution is 7.17. The normalized spacial score (nSPS) is 14.8. The van der Waals surface area contributed by atoms with Gasteiger partial charge in [-0.1, -0.05) is 0 Å². The van der Waals surface area contributed by atoms with Gasteiger partial charge in [0.2, 0.25) is 6.79 Å². The molecule has 0 fully saturated rings. The summed E-state index contributed by atoms with van der Waals surface area (Å²) in [7, 11) is 0. The molecular formula is C20H21NO5S. The summed E-state index contributed by atoms with van der Waals surface area (Å²) in [6, 6.07) is 5.05. The Labute approximate surface area is 161 Å². The van der Waals surface area contributed by atoms with Crippen LogP contribution in [-0.2, 0) is 17.6 Å². The number of thiophene rings is 1. The topological polar surface area (TPSA) is 73.9 Å². The highest BCUT2D eigenvalue weighted by atomic mass is 32.1. The predicted molar refractivity (Wildman–Crippen MR) is 102 cm³/mol. The lowest BCUT2D eigenvalue weighted by molar-refractivity contribution is 0.0378. The quantitative estimate of drug-likeness (QED) is 0.797. The average Bonchev–Trinajstić information content (AvgIpc) is 3.24. The molecule has 142 valence electrons. The van der Waals surface area contributed by atoms with Crippen LogP contribution in [0.2, 0.25) is 0 Å².